The van der Waals surface area contributed by atoms with Crippen LogP contribution >= 0.6 is 0 Å². The van der Waals surface area contributed by atoms with Crippen LogP contribution in [-0.2, 0) is 16.1 Å². The first-order valence-corrected chi connectivity index (χ1v) is 8.68. The molecule has 1 amide bonds. The first-order valence-electron chi connectivity index (χ1n) is 8.68. The monoisotopic (exact) mass is 366 g/mol. The highest BCUT2D eigenvalue weighted by molar-refractivity contribution is 5.91. The van der Waals surface area contributed by atoms with E-state index in [1.54, 1.807) is 24.1 Å². The number of carbonyl (C=O) groups is 1. The lowest BCUT2D eigenvalue weighted by molar-refractivity contribution is -0.116. The number of methoxy groups -OCH3 is 1. The van der Waals surface area contributed by atoms with E-state index in [9.17, 15) is 4.79 Å². The molecule has 0 aliphatic rings. The molecule has 8 nitrogen and oxygen atoms in total. The third-order valence-electron chi connectivity index (χ3n) is 3.88. The molecule has 2 aromatic heterocycles. The number of benzene rings is 1. The van der Waals surface area contributed by atoms with E-state index in [1.807, 2.05) is 30.3 Å². The van der Waals surface area contributed by atoms with Gasteiger partial charge in [0.1, 0.15) is 12.1 Å². The standard InChI is InChI=1S/C19H22N6O2/c1-27-12-10-21-18-16-13-24-25(19(16)23-14-22-18)11-9-20-17(26)8-7-15-5-3-2-4-6-15/h2-8,13-14H,9-12H2,1H3,(H,20,26)(H,21,22,23)/b8-7+. The molecule has 1 aromatic carbocycles. The third-order valence-corrected chi connectivity index (χ3v) is 3.88. The average molecular weight is 366 g/mol. The summed E-state index contributed by atoms with van der Waals surface area (Å²) in [4.78, 5) is 20.5. The van der Waals surface area contributed by atoms with Gasteiger partial charge in [0.25, 0.3) is 0 Å². The molecule has 0 saturated heterocycles. The predicted molar refractivity (Wildman–Crippen MR) is 104 cm³/mol. The summed E-state index contributed by atoms with van der Waals surface area (Å²) in [6.07, 6.45) is 6.53. The van der Waals surface area contributed by atoms with Crippen molar-refractivity contribution in [1.29, 1.82) is 0 Å². The first kappa shape index (κ1) is 18.5. The SMILES string of the molecule is COCCNc1ncnc2c1cnn2CCNC(=O)/C=C/c1ccccc1. The van der Waals surface area contributed by atoms with Crippen LogP contribution in [0.25, 0.3) is 17.1 Å². The van der Waals surface area contributed by atoms with Crippen LogP contribution < -0.4 is 10.6 Å². The Morgan fingerprint density at radius 2 is 2.07 bits per heavy atom. The summed E-state index contributed by atoms with van der Waals surface area (Å²) in [5.74, 6) is 0.574. The highest BCUT2D eigenvalue weighted by atomic mass is 16.5. The van der Waals surface area contributed by atoms with Crippen LogP contribution in [0.3, 0.4) is 0 Å². The molecule has 27 heavy (non-hydrogen) atoms. The van der Waals surface area contributed by atoms with Gasteiger partial charge in [-0.05, 0) is 11.6 Å². The van der Waals surface area contributed by atoms with E-state index in [1.165, 1.54) is 12.4 Å². The van der Waals surface area contributed by atoms with Crippen molar-refractivity contribution in [2.75, 3.05) is 32.1 Å². The highest BCUT2D eigenvalue weighted by Gasteiger charge is 2.09. The Hall–Kier alpha value is -3.26. The predicted octanol–water partition coefficient (Wildman–Crippen LogP) is 1.71. The van der Waals surface area contributed by atoms with E-state index < -0.39 is 0 Å². The van der Waals surface area contributed by atoms with Crippen LogP contribution in [0.2, 0.25) is 0 Å². The summed E-state index contributed by atoms with van der Waals surface area (Å²) < 4.78 is 6.78. The van der Waals surface area contributed by atoms with Gasteiger partial charge in [-0.3, -0.25) is 4.79 Å². The van der Waals surface area contributed by atoms with Crippen LogP contribution in [-0.4, -0.2) is 52.5 Å². The summed E-state index contributed by atoms with van der Waals surface area (Å²) in [5, 5.41) is 11.2. The molecule has 0 fully saturated rings. The topological polar surface area (TPSA) is 94.0 Å². The largest absolute Gasteiger partial charge is 0.383 e. The molecule has 2 heterocycles. The van der Waals surface area contributed by atoms with Gasteiger partial charge in [-0.1, -0.05) is 30.3 Å². The number of ether oxygens (including phenoxy) is 1. The molecule has 140 valence electrons. The van der Waals surface area contributed by atoms with Gasteiger partial charge >= 0.3 is 0 Å². The van der Waals surface area contributed by atoms with Crippen LogP contribution in [0.4, 0.5) is 5.82 Å². The van der Waals surface area contributed by atoms with Crippen molar-refractivity contribution in [2.24, 2.45) is 0 Å². The maximum Gasteiger partial charge on any atom is 0.244 e. The van der Waals surface area contributed by atoms with Crippen LogP contribution in [0.15, 0.2) is 48.9 Å². The van der Waals surface area contributed by atoms with Gasteiger partial charge in [0.15, 0.2) is 5.65 Å². The van der Waals surface area contributed by atoms with Crippen molar-refractivity contribution in [3.05, 3.63) is 54.5 Å². The number of carbonyl (C=O) groups excluding carboxylic acids is 1. The van der Waals surface area contributed by atoms with Gasteiger partial charge in [0.05, 0.1) is 24.7 Å². The fourth-order valence-corrected chi connectivity index (χ4v) is 2.55. The molecule has 8 heteroatoms. The number of fused-ring (bicyclic) bond motifs is 1. The molecular formula is C19H22N6O2. The van der Waals surface area contributed by atoms with E-state index >= 15 is 0 Å². The Morgan fingerprint density at radius 1 is 1.22 bits per heavy atom. The minimum absolute atomic E-state index is 0.146. The van der Waals surface area contributed by atoms with Gasteiger partial charge in [-0.25, -0.2) is 14.6 Å². The van der Waals surface area contributed by atoms with Crippen molar-refractivity contribution < 1.29 is 9.53 Å². The zero-order chi connectivity index (χ0) is 18.9. The number of hydrogen-bond donors (Lipinski definition) is 2. The number of nitrogens with zero attached hydrogens (tertiary/aromatic N) is 4. The Balaban J connectivity index is 1.55. The van der Waals surface area contributed by atoms with Gasteiger partial charge in [-0.2, -0.15) is 5.10 Å². The van der Waals surface area contributed by atoms with Crippen molar-refractivity contribution >= 4 is 28.8 Å². The molecule has 0 radical (unpaired) electrons. The number of anilines is 1. The minimum Gasteiger partial charge on any atom is -0.383 e. The van der Waals surface area contributed by atoms with Crippen molar-refractivity contribution in [3.63, 3.8) is 0 Å². The normalized spacial score (nSPS) is 11.1. The van der Waals surface area contributed by atoms with Crippen LogP contribution in [0, 0.1) is 0 Å². The molecule has 2 N–H and O–H groups in total. The average Bonchev–Trinajstić information content (AvgIpc) is 3.11. The van der Waals surface area contributed by atoms with E-state index in [0.717, 1.165) is 22.4 Å². The van der Waals surface area contributed by atoms with Crippen LogP contribution in [0.5, 0.6) is 0 Å². The Bertz CT molecular complexity index is 907. The summed E-state index contributed by atoms with van der Waals surface area (Å²) >= 11 is 0. The smallest absolute Gasteiger partial charge is 0.244 e. The molecule has 0 bridgehead atoms. The fourth-order valence-electron chi connectivity index (χ4n) is 2.55. The lowest BCUT2D eigenvalue weighted by Crippen LogP contribution is -2.25. The molecular weight excluding hydrogens is 344 g/mol. The maximum atomic E-state index is 11.9. The second-order valence-electron chi connectivity index (χ2n) is 5.78. The van der Waals surface area contributed by atoms with E-state index in [2.05, 4.69) is 25.7 Å². The number of nitrogens with one attached hydrogen (secondary N) is 2. The molecule has 0 saturated carbocycles. The second kappa shape index (κ2) is 9.44. The van der Waals surface area contributed by atoms with Crippen molar-refractivity contribution in [2.45, 2.75) is 6.54 Å². The molecule has 0 aliphatic heterocycles. The fraction of sp³-hybridized carbons (Fsp3) is 0.263. The number of aromatic nitrogens is 4. The second-order valence-corrected chi connectivity index (χ2v) is 5.78. The van der Waals surface area contributed by atoms with E-state index in [0.29, 0.717) is 26.2 Å². The first-order chi connectivity index (χ1) is 13.3. The third kappa shape index (κ3) is 5.11. The van der Waals surface area contributed by atoms with Gasteiger partial charge in [0.2, 0.25) is 5.91 Å². The molecule has 0 atom stereocenters. The van der Waals surface area contributed by atoms with E-state index in [-0.39, 0.29) is 5.91 Å². The number of hydrogen-bond acceptors (Lipinski definition) is 6. The van der Waals surface area contributed by atoms with Gasteiger partial charge < -0.3 is 15.4 Å². The van der Waals surface area contributed by atoms with E-state index in [4.69, 9.17) is 4.74 Å². The zero-order valence-electron chi connectivity index (χ0n) is 15.1. The number of amides is 1. The lowest BCUT2D eigenvalue weighted by Gasteiger charge is -2.06. The molecule has 3 rings (SSSR count). The summed E-state index contributed by atoms with van der Waals surface area (Å²) in [7, 11) is 1.65. The van der Waals surface area contributed by atoms with Gasteiger partial charge in [0, 0.05) is 26.3 Å². The van der Waals surface area contributed by atoms with Gasteiger partial charge in [-0.15, -0.1) is 0 Å². The maximum absolute atomic E-state index is 11.9. The molecule has 0 spiro atoms. The Kier molecular flexibility index (Phi) is 6.48. The zero-order valence-corrected chi connectivity index (χ0v) is 15.1. The number of rotatable bonds is 9. The molecule has 0 aliphatic carbocycles. The summed E-state index contributed by atoms with van der Waals surface area (Å²) in [5.41, 5.74) is 1.70. The Morgan fingerprint density at radius 3 is 2.89 bits per heavy atom. The molecule has 0 unspecified atom stereocenters. The highest BCUT2D eigenvalue weighted by Crippen LogP contribution is 2.18. The van der Waals surface area contributed by atoms with Crippen LogP contribution in [0.1, 0.15) is 5.56 Å². The molecule has 3 aromatic rings. The minimum atomic E-state index is -0.146. The quantitative estimate of drug-likeness (QED) is 0.442. The Labute approximate surface area is 157 Å². The summed E-state index contributed by atoms with van der Waals surface area (Å²) in [6, 6.07) is 9.68. The lowest BCUT2D eigenvalue weighted by atomic mass is 10.2. The van der Waals surface area contributed by atoms with Crippen molar-refractivity contribution in [3.8, 4) is 0 Å². The van der Waals surface area contributed by atoms with Crippen molar-refractivity contribution in [1.82, 2.24) is 25.1 Å². The summed E-state index contributed by atoms with van der Waals surface area (Å²) in [6.45, 7) is 2.20.